The van der Waals surface area contributed by atoms with Crippen molar-refractivity contribution in [2.45, 2.75) is 32.7 Å². The molecule has 148 valence electrons. The Bertz CT molecular complexity index is 837. The predicted octanol–water partition coefficient (Wildman–Crippen LogP) is 2.66. The summed E-state index contributed by atoms with van der Waals surface area (Å²) in [5, 5.41) is 9.57. The van der Waals surface area contributed by atoms with Gasteiger partial charge in [0.05, 0.1) is 13.2 Å². The van der Waals surface area contributed by atoms with E-state index in [0.717, 1.165) is 29.3 Å². The number of aromatic nitrogens is 1. The number of anilines is 1. The fourth-order valence-electron chi connectivity index (χ4n) is 3.19. The lowest BCUT2D eigenvalue weighted by Gasteiger charge is -2.26. The Morgan fingerprint density at radius 1 is 1.29 bits per heavy atom. The number of para-hydroxylation sites is 1. The fraction of sp³-hybridized carbons (Fsp3) is 0.381. The van der Waals surface area contributed by atoms with E-state index in [-0.39, 0.29) is 11.8 Å². The van der Waals surface area contributed by atoms with Gasteiger partial charge in [-0.1, -0.05) is 18.2 Å². The summed E-state index contributed by atoms with van der Waals surface area (Å²) < 4.78 is 5.44. The van der Waals surface area contributed by atoms with Crippen LogP contribution in [0.2, 0.25) is 0 Å². The Balaban J connectivity index is 1.66. The molecule has 3 N–H and O–H groups in total. The standard InChI is InChI=1S/C21H27N5O2/c1-3-22-21(24-13-15-9-10-23-20(11-15)28-4-2)25-14-16-12-19(27)26-18-8-6-5-7-17(16)18/h5-11,16H,3-4,12-14H2,1-2H3,(H,26,27)(H2,22,24,25). The van der Waals surface area contributed by atoms with Crippen LogP contribution >= 0.6 is 0 Å². The fourth-order valence-corrected chi connectivity index (χ4v) is 3.19. The number of nitrogens with one attached hydrogen (secondary N) is 3. The molecule has 0 saturated heterocycles. The smallest absolute Gasteiger partial charge is 0.225 e. The summed E-state index contributed by atoms with van der Waals surface area (Å²) in [7, 11) is 0. The summed E-state index contributed by atoms with van der Waals surface area (Å²) in [6, 6.07) is 11.8. The maximum absolute atomic E-state index is 12.0. The first-order valence-corrected chi connectivity index (χ1v) is 9.68. The quantitative estimate of drug-likeness (QED) is 0.507. The van der Waals surface area contributed by atoms with Crippen LogP contribution in [0.3, 0.4) is 0 Å². The molecule has 28 heavy (non-hydrogen) atoms. The number of guanidine groups is 1. The van der Waals surface area contributed by atoms with Gasteiger partial charge in [-0.2, -0.15) is 0 Å². The molecule has 1 amide bonds. The summed E-state index contributed by atoms with van der Waals surface area (Å²) in [6.45, 7) is 6.45. The third-order valence-electron chi connectivity index (χ3n) is 4.48. The van der Waals surface area contributed by atoms with E-state index in [1.807, 2.05) is 44.2 Å². The van der Waals surface area contributed by atoms with E-state index in [4.69, 9.17) is 4.74 Å². The molecule has 7 heteroatoms. The summed E-state index contributed by atoms with van der Waals surface area (Å²) in [5.74, 6) is 1.49. The van der Waals surface area contributed by atoms with Gasteiger partial charge in [-0.05, 0) is 37.1 Å². The second kappa shape index (κ2) is 9.73. The molecule has 1 aromatic carbocycles. The van der Waals surface area contributed by atoms with E-state index in [1.165, 1.54) is 0 Å². The van der Waals surface area contributed by atoms with Crippen LogP contribution in [0.25, 0.3) is 0 Å². The van der Waals surface area contributed by atoms with Gasteiger partial charge < -0.3 is 20.7 Å². The number of hydrogen-bond donors (Lipinski definition) is 3. The zero-order valence-corrected chi connectivity index (χ0v) is 16.4. The van der Waals surface area contributed by atoms with Gasteiger partial charge in [-0.3, -0.25) is 4.79 Å². The third kappa shape index (κ3) is 5.22. The van der Waals surface area contributed by atoms with Crippen molar-refractivity contribution in [3.05, 3.63) is 53.7 Å². The molecule has 0 saturated carbocycles. The van der Waals surface area contributed by atoms with E-state index in [1.54, 1.807) is 6.20 Å². The van der Waals surface area contributed by atoms with Gasteiger partial charge in [0.2, 0.25) is 11.8 Å². The van der Waals surface area contributed by atoms with Gasteiger partial charge in [0.15, 0.2) is 5.96 Å². The van der Waals surface area contributed by atoms with Crippen molar-refractivity contribution in [1.29, 1.82) is 0 Å². The maximum atomic E-state index is 12.0. The van der Waals surface area contributed by atoms with Crippen molar-refractivity contribution in [3.8, 4) is 5.88 Å². The number of carbonyl (C=O) groups excluding carboxylic acids is 1. The molecule has 3 rings (SSSR count). The number of benzene rings is 1. The van der Waals surface area contributed by atoms with E-state index in [9.17, 15) is 4.79 Å². The van der Waals surface area contributed by atoms with Crippen molar-refractivity contribution >= 4 is 17.6 Å². The summed E-state index contributed by atoms with van der Waals surface area (Å²) in [5.41, 5.74) is 3.08. The van der Waals surface area contributed by atoms with Crippen molar-refractivity contribution in [1.82, 2.24) is 15.6 Å². The van der Waals surface area contributed by atoms with Crippen LogP contribution in [0, 0.1) is 0 Å². The molecule has 0 bridgehead atoms. The molecule has 7 nitrogen and oxygen atoms in total. The predicted molar refractivity (Wildman–Crippen MR) is 111 cm³/mol. The van der Waals surface area contributed by atoms with Crippen molar-refractivity contribution < 1.29 is 9.53 Å². The average molecular weight is 381 g/mol. The topological polar surface area (TPSA) is 87.6 Å². The highest BCUT2D eigenvalue weighted by molar-refractivity contribution is 5.94. The summed E-state index contributed by atoms with van der Waals surface area (Å²) in [4.78, 5) is 20.8. The lowest BCUT2D eigenvalue weighted by atomic mass is 9.90. The summed E-state index contributed by atoms with van der Waals surface area (Å²) >= 11 is 0. The van der Waals surface area contributed by atoms with E-state index in [2.05, 4.69) is 32.0 Å². The first-order valence-electron chi connectivity index (χ1n) is 9.68. The Morgan fingerprint density at radius 2 is 2.14 bits per heavy atom. The Kier molecular flexibility index (Phi) is 6.84. The number of ether oxygens (including phenoxy) is 1. The zero-order chi connectivity index (χ0) is 19.8. The largest absolute Gasteiger partial charge is 0.478 e. The van der Waals surface area contributed by atoms with Gasteiger partial charge in [-0.25, -0.2) is 9.98 Å². The van der Waals surface area contributed by atoms with Crippen molar-refractivity contribution in [3.63, 3.8) is 0 Å². The molecule has 1 aliphatic heterocycles. The van der Waals surface area contributed by atoms with Crippen LogP contribution in [0.5, 0.6) is 5.88 Å². The highest BCUT2D eigenvalue weighted by Gasteiger charge is 2.24. The minimum absolute atomic E-state index is 0.0488. The van der Waals surface area contributed by atoms with Crippen LogP contribution in [0.1, 0.15) is 37.3 Å². The molecule has 1 aromatic heterocycles. The summed E-state index contributed by atoms with van der Waals surface area (Å²) in [6.07, 6.45) is 2.19. The third-order valence-corrected chi connectivity index (χ3v) is 4.48. The van der Waals surface area contributed by atoms with Crippen LogP contribution in [-0.2, 0) is 11.3 Å². The van der Waals surface area contributed by atoms with Crippen LogP contribution in [0.4, 0.5) is 5.69 Å². The second-order valence-electron chi connectivity index (χ2n) is 6.55. The number of fused-ring (bicyclic) bond motifs is 1. The number of rotatable bonds is 7. The first kappa shape index (κ1) is 19.7. The molecular formula is C21H27N5O2. The normalized spacial score (nSPS) is 16.1. The van der Waals surface area contributed by atoms with E-state index >= 15 is 0 Å². The SMILES string of the molecule is CCNC(=NCc1ccnc(OCC)c1)NCC1CC(=O)Nc2ccccc21. The Morgan fingerprint density at radius 3 is 2.96 bits per heavy atom. The Hall–Kier alpha value is -3.09. The Labute approximate surface area is 165 Å². The van der Waals surface area contributed by atoms with Gasteiger partial charge in [0.25, 0.3) is 0 Å². The zero-order valence-electron chi connectivity index (χ0n) is 16.4. The molecule has 1 aliphatic rings. The number of amides is 1. The molecule has 1 unspecified atom stereocenters. The average Bonchev–Trinajstić information content (AvgIpc) is 2.70. The molecule has 0 radical (unpaired) electrons. The molecule has 0 fully saturated rings. The van der Waals surface area contributed by atoms with Crippen LogP contribution < -0.4 is 20.7 Å². The van der Waals surface area contributed by atoms with Gasteiger partial charge in [0, 0.05) is 43.4 Å². The van der Waals surface area contributed by atoms with Crippen molar-refractivity contribution in [2.24, 2.45) is 4.99 Å². The molecule has 2 heterocycles. The number of nitrogens with zero attached hydrogens (tertiary/aromatic N) is 2. The lowest BCUT2D eigenvalue weighted by Crippen LogP contribution is -2.40. The van der Waals surface area contributed by atoms with E-state index < -0.39 is 0 Å². The minimum Gasteiger partial charge on any atom is -0.478 e. The molecular weight excluding hydrogens is 354 g/mol. The lowest BCUT2D eigenvalue weighted by molar-refractivity contribution is -0.116. The van der Waals surface area contributed by atoms with Gasteiger partial charge in [-0.15, -0.1) is 0 Å². The monoisotopic (exact) mass is 381 g/mol. The first-order chi connectivity index (χ1) is 13.7. The second-order valence-corrected chi connectivity index (χ2v) is 6.55. The number of hydrogen-bond acceptors (Lipinski definition) is 4. The van der Waals surface area contributed by atoms with Gasteiger partial charge >= 0.3 is 0 Å². The number of pyridine rings is 1. The maximum Gasteiger partial charge on any atom is 0.225 e. The molecule has 1 atom stereocenters. The highest BCUT2D eigenvalue weighted by atomic mass is 16.5. The molecule has 0 spiro atoms. The molecule has 0 aliphatic carbocycles. The number of carbonyl (C=O) groups is 1. The minimum atomic E-state index is 0.0488. The van der Waals surface area contributed by atoms with Gasteiger partial charge in [0.1, 0.15) is 0 Å². The number of aliphatic imine (C=N–C) groups is 1. The van der Waals surface area contributed by atoms with E-state index in [0.29, 0.717) is 32.0 Å². The molecule has 2 aromatic rings. The van der Waals surface area contributed by atoms with Crippen LogP contribution in [-0.4, -0.2) is 36.5 Å². The van der Waals surface area contributed by atoms with Crippen LogP contribution in [0.15, 0.2) is 47.6 Å². The highest BCUT2D eigenvalue weighted by Crippen LogP contribution is 2.31. The van der Waals surface area contributed by atoms with Crippen molar-refractivity contribution in [2.75, 3.05) is 25.0 Å².